The Kier molecular flexibility index (Phi) is 3.23. The Hall–Kier alpha value is -1.30. The number of nitrogens with zero attached hydrogens (tertiary/aromatic N) is 2. The molecule has 1 aliphatic rings. The average molecular weight is 259 g/mol. The van der Waals surface area contributed by atoms with Gasteiger partial charge in [0.25, 0.3) is 0 Å². The van der Waals surface area contributed by atoms with Gasteiger partial charge in [0.15, 0.2) is 0 Å². The van der Waals surface area contributed by atoms with Gasteiger partial charge in [0.1, 0.15) is 5.82 Å². The number of rotatable bonds is 3. The summed E-state index contributed by atoms with van der Waals surface area (Å²) in [5, 5.41) is 0. The summed E-state index contributed by atoms with van der Waals surface area (Å²) in [5.41, 5.74) is 4.99. The summed E-state index contributed by atoms with van der Waals surface area (Å²) >= 11 is 0. The van der Waals surface area contributed by atoms with E-state index in [4.69, 9.17) is 5.73 Å². The van der Waals surface area contributed by atoms with E-state index in [9.17, 15) is 13.2 Å². The quantitative estimate of drug-likeness (QED) is 0.906. The highest BCUT2D eigenvalue weighted by atomic mass is 19.4. The van der Waals surface area contributed by atoms with Crippen LogP contribution in [0.2, 0.25) is 0 Å². The lowest BCUT2D eigenvalue weighted by atomic mass is 9.86. The molecule has 1 aromatic heterocycles. The predicted octanol–water partition coefficient (Wildman–Crippen LogP) is 2.42. The number of halogens is 3. The van der Waals surface area contributed by atoms with Crippen LogP contribution in [0, 0.1) is 0 Å². The van der Waals surface area contributed by atoms with E-state index in [2.05, 4.69) is 4.98 Å². The average Bonchev–Trinajstić information content (AvgIpc) is 2.25. The molecular formula is C12H16F3N3. The molecule has 0 radical (unpaired) electrons. The Morgan fingerprint density at radius 3 is 2.67 bits per heavy atom. The molecule has 0 amide bonds. The molecule has 1 aliphatic heterocycles. The maximum atomic E-state index is 12.8. The molecule has 2 N–H and O–H groups in total. The van der Waals surface area contributed by atoms with E-state index < -0.39 is 11.7 Å². The lowest BCUT2D eigenvalue weighted by Gasteiger charge is -2.49. The number of alkyl halides is 3. The zero-order valence-corrected chi connectivity index (χ0v) is 10.2. The lowest BCUT2D eigenvalue weighted by Crippen LogP contribution is -2.67. The van der Waals surface area contributed by atoms with Crippen molar-refractivity contribution >= 4 is 5.82 Å². The molecule has 2 heterocycles. The van der Waals surface area contributed by atoms with Crippen molar-refractivity contribution in [3.63, 3.8) is 0 Å². The van der Waals surface area contributed by atoms with Crippen molar-refractivity contribution in [1.29, 1.82) is 0 Å². The van der Waals surface area contributed by atoms with Gasteiger partial charge in [-0.1, -0.05) is 13.3 Å². The van der Waals surface area contributed by atoms with Gasteiger partial charge in [-0.25, -0.2) is 4.98 Å². The van der Waals surface area contributed by atoms with Crippen LogP contribution in [0.25, 0.3) is 0 Å². The van der Waals surface area contributed by atoms with Gasteiger partial charge >= 0.3 is 6.18 Å². The molecule has 0 aliphatic carbocycles. The van der Waals surface area contributed by atoms with Crippen LogP contribution in [0.3, 0.4) is 0 Å². The van der Waals surface area contributed by atoms with Gasteiger partial charge in [-0.2, -0.15) is 13.2 Å². The van der Waals surface area contributed by atoms with Gasteiger partial charge in [-0.15, -0.1) is 0 Å². The standard InChI is InChI=1S/C12H16F3N3/c1-2-5-11(16)7-18(8-11)10-9(12(13,14)15)4-3-6-17-10/h3-4,6H,2,5,7-8,16H2,1H3. The lowest BCUT2D eigenvalue weighted by molar-refractivity contribution is -0.137. The van der Waals surface area contributed by atoms with Gasteiger partial charge in [-0.05, 0) is 18.6 Å². The third-order valence-corrected chi connectivity index (χ3v) is 3.15. The fourth-order valence-corrected chi connectivity index (χ4v) is 2.39. The molecule has 0 saturated carbocycles. The molecule has 0 spiro atoms. The second-order valence-corrected chi connectivity index (χ2v) is 4.84. The van der Waals surface area contributed by atoms with E-state index >= 15 is 0 Å². The van der Waals surface area contributed by atoms with Crippen molar-refractivity contribution in [3.05, 3.63) is 23.9 Å². The van der Waals surface area contributed by atoms with Gasteiger partial charge in [0.05, 0.1) is 11.1 Å². The predicted molar refractivity (Wildman–Crippen MR) is 63.3 cm³/mol. The summed E-state index contributed by atoms with van der Waals surface area (Å²) < 4.78 is 38.4. The van der Waals surface area contributed by atoms with Crippen LogP contribution in [-0.4, -0.2) is 23.6 Å². The Labute approximate surface area is 104 Å². The van der Waals surface area contributed by atoms with Gasteiger partial charge in [0, 0.05) is 19.3 Å². The summed E-state index contributed by atoms with van der Waals surface area (Å²) in [4.78, 5) is 5.44. The third kappa shape index (κ3) is 2.43. The smallest absolute Gasteiger partial charge is 0.352 e. The highest BCUT2D eigenvalue weighted by Gasteiger charge is 2.43. The molecule has 1 saturated heterocycles. The highest BCUT2D eigenvalue weighted by Crippen LogP contribution is 2.38. The van der Waals surface area contributed by atoms with Crippen LogP contribution in [0.5, 0.6) is 0 Å². The van der Waals surface area contributed by atoms with Crippen molar-refractivity contribution in [3.8, 4) is 0 Å². The second-order valence-electron chi connectivity index (χ2n) is 4.84. The van der Waals surface area contributed by atoms with E-state index in [0.29, 0.717) is 13.1 Å². The van der Waals surface area contributed by atoms with Crippen LogP contribution >= 0.6 is 0 Å². The van der Waals surface area contributed by atoms with Crippen molar-refractivity contribution in [2.75, 3.05) is 18.0 Å². The van der Waals surface area contributed by atoms with Crippen LogP contribution < -0.4 is 10.6 Å². The molecule has 0 aromatic carbocycles. The summed E-state index contributed by atoms with van der Waals surface area (Å²) in [7, 11) is 0. The van der Waals surface area contributed by atoms with Crippen molar-refractivity contribution in [2.45, 2.75) is 31.5 Å². The first-order valence-corrected chi connectivity index (χ1v) is 5.92. The Morgan fingerprint density at radius 2 is 2.11 bits per heavy atom. The Balaban J connectivity index is 2.17. The SMILES string of the molecule is CCCC1(N)CN(c2ncccc2C(F)(F)F)C1. The Bertz CT molecular complexity index is 425. The number of hydrogen-bond acceptors (Lipinski definition) is 3. The first-order chi connectivity index (χ1) is 8.36. The Morgan fingerprint density at radius 1 is 1.44 bits per heavy atom. The number of anilines is 1. The first-order valence-electron chi connectivity index (χ1n) is 5.92. The molecule has 3 nitrogen and oxygen atoms in total. The van der Waals surface area contributed by atoms with E-state index in [1.807, 2.05) is 6.92 Å². The van der Waals surface area contributed by atoms with E-state index in [0.717, 1.165) is 18.9 Å². The maximum Gasteiger partial charge on any atom is 0.419 e. The maximum absolute atomic E-state index is 12.8. The number of pyridine rings is 1. The fraction of sp³-hybridized carbons (Fsp3) is 0.583. The van der Waals surface area contributed by atoms with Crippen LogP contribution in [0.1, 0.15) is 25.3 Å². The van der Waals surface area contributed by atoms with E-state index in [1.54, 1.807) is 4.90 Å². The minimum absolute atomic E-state index is 0.0119. The molecule has 2 rings (SSSR count). The van der Waals surface area contributed by atoms with Crippen molar-refractivity contribution in [1.82, 2.24) is 4.98 Å². The summed E-state index contributed by atoms with van der Waals surface area (Å²) in [5.74, 6) is -0.0119. The largest absolute Gasteiger partial charge is 0.419 e. The summed E-state index contributed by atoms with van der Waals surface area (Å²) in [6, 6.07) is 2.35. The topological polar surface area (TPSA) is 42.1 Å². The van der Waals surface area contributed by atoms with E-state index in [-0.39, 0.29) is 11.4 Å². The molecule has 1 aromatic rings. The number of aromatic nitrogens is 1. The molecule has 0 bridgehead atoms. The molecular weight excluding hydrogens is 243 g/mol. The summed E-state index contributed by atoms with van der Waals surface area (Å²) in [6.07, 6.45) is -1.25. The van der Waals surface area contributed by atoms with Crippen LogP contribution in [-0.2, 0) is 6.18 Å². The summed E-state index contributed by atoms with van der Waals surface area (Å²) in [6.45, 7) is 2.88. The van der Waals surface area contributed by atoms with Gasteiger partial charge in [-0.3, -0.25) is 0 Å². The van der Waals surface area contributed by atoms with Crippen molar-refractivity contribution in [2.24, 2.45) is 5.73 Å². The minimum Gasteiger partial charge on any atom is -0.352 e. The fourth-order valence-electron chi connectivity index (χ4n) is 2.39. The van der Waals surface area contributed by atoms with Gasteiger partial charge < -0.3 is 10.6 Å². The molecule has 100 valence electrons. The zero-order chi connectivity index (χ0) is 13.4. The molecule has 0 atom stereocenters. The highest BCUT2D eigenvalue weighted by molar-refractivity contribution is 5.52. The van der Waals surface area contributed by atoms with Crippen LogP contribution in [0.15, 0.2) is 18.3 Å². The minimum atomic E-state index is -4.37. The molecule has 0 unspecified atom stereocenters. The molecule has 1 fully saturated rings. The van der Waals surface area contributed by atoms with Gasteiger partial charge in [0.2, 0.25) is 0 Å². The van der Waals surface area contributed by atoms with E-state index in [1.165, 1.54) is 12.3 Å². The third-order valence-electron chi connectivity index (χ3n) is 3.15. The van der Waals surface area contributed by atoms with Crippen molar-refractivity contribution < 1.29 is 13.2 Å². The number of hydrogen-bond donors (Lipinski definition) is 1. The van der Waals surface area contributed by atoms with Crippen LogP contribution in [0.4, 0.5) is 19.0 Å². The first kappa shape index (κ1) is 13.1. The number of nitrogens with two attached hydrogens (primary N) is 1. The molecule has 18 heavy (non-hydrogen) atoms. The second kappa shape index (κ2) is 4.42. The zero-order valence-electron chi connectivity index (χ0n) is 10.2. The normalized spacial score (nSPS) is 18.6. The monoisotopic (exact) mass is 259 g/mol. The molecule has 6 heteroatoms.